The molecule has 1 aromatic carbocycles. The summed E-state index contributed by atoms with van der Waals surface area (Å²) in [6.07, 6.45) is -1.06. The van der Waals surface area contributed by atoms with E-state index >= 15 is 0 Å². The van der Waals surface area contributed by atoms with Crippen LogP contribution in [0.2, 0.25) is 0 Å². The van der Waals surface area contributed by atoms with E-state index in [1.165, 1.54) is 13.2 Å². The van der Waals surface area contributed by atoms with Crippen molar-refractivity contribution < 1.29 is 23.5 Å². The molecule has 1 aliphatic rings. The molecule has 0 amide bonds. The van der Waals surface area contributed by atoms with Gasteiger partial charge in [-0.05, 0) is 24.6 Å². The van der Waals surface area contributed by atoms with Crippen molar-refractivity contribution in [3.8, 4) is 5.75 Å². The van der Waals surface area contributed by atoms with Crippen LogP contribution in [0.25, 0.3) is 0 Å². The highest BCUT2D eigenvalue weighted by molar-refractivity contribution is 6.02. The predicted molar refractivity (Wildman–Crippen MR) is 56.5 cm³/mol. The summed E-state index contributed by atoms with van der Waals surface area (Å²) in [7, 11) is 1.22. The number of ether oxygens (including phenoxy) is 2. The lowest BCUT2D eigenvalue weighted by Gasteiger charge is -2.23. The van der Waals surface area contributed by atoms with Gasteiger partial charge < -0.3 is 9.47 Å². The first-order valence-electron chi connectivity index (χ1n) is 5.10. The second-order valence-corrected chi connectivity index (χ2v) is 3.85. The summed E-state index contributed by atoms with van der Waals surface area (Å²) in [6, 6.07) is 2.55. The number of benzene rings is 1. The average molecular weight is 238 g/mol. The van der Waals surface area contributed by atoms with Crippen molar-refractivity contribution in [2.24, 2.45) is 0 Å². The molecular formula is C12H11FO4. The Labute approximate surface area is 97.3 Å². The number of rotatable bonds is 1. The molecule has 0 unspecified atom stereocenters. The second kappa shape index (κ2) is 4.16. The molecule has 0 aromatic heterocycles. The van der Waals surface area contributed by atoms with Gasteiger partial charge in [0.15, 0.2) is 5.78 Å². The minimum Gasteiger partial charge on any atom is -0.477 e. The van der Waals surface area contributed by atoms with Crippen molar-refractivity contribution in [1.82, 2.24) is 0 Å². The van der Waals surface area contributed by atoms with E-state index in [1.807, 2.05) is 0 Å². The monoisotopic (exact) mass is 238 g/mol. The third kappa shape index (κ3) is 2.00. The van der Waals surface area contributed by atoms with Crippen molar-refractivity contribution in [2.45, 2.75) is 19.4 Å². The number of carbonyl (C=O) groups is 2. The highest BCUT2D eigenvalue weighted by atomic mass is 19.1. The minimum atomic E-state index is -0.940. The molecule has 0 radical (unpaired) electrons. The van der Waals surface area contributed by atoms with Crippen LogP contribution in [0.1, 0.15) is 22.3 Å². The van der Waals surface area contributed by atoms with Crippen LogP contribution >= 0.6 is 0 Å². The van der Waals surface area contributed by atoms with Crippen molar-refractivity contribution in [2.75, 3.05) is 7.11 Å². The molecule has 1 atom stereocenters. The number of halogens is 1. The molecule has 1 aromatic rings. The number of ketones is 1. The van der Waals surface area contributed by atoms with Gasteiger partial charge in [0.05, 0.1) is 19.1 Å². The molecule has 0 bridgehead atoms. The number of methoxy groups -OCH3 is 1. The lowest BCUT2D eigenvalue weighted by molar-refractivity contribution is -0.149. The molecule has 2 rings (SSSR count). The summed E-state index contributed by atoms with van der Waals surface area (Å²) in [6.45, 7) is 1.56. The second-order valence-electron chi connectivity index (χ2n) is 3.85. The van der Waals surface area contributed by atoms with Gasteiger partial charge in [-0.25, -0.2) is 9.18 Å². The van der Waals surface area contributed by atoms with Crippen LogP contribution in [-0.4, -0.2) is 25.0 Å². The van der Waals surface area contributed by atoms with Gasteiger partial charge in [0.2, 0.25) is 6.10 Å². The minimum absolute atomic E-state index is 0.123. The Morgan fingerprint density at radius 2 is 2.24 bits per heavy atom. The van der Waals surface area contributed by atoms with Gasteiger partial charge in [0.1, 0.15) is 11.6 Å². The summed E-state index contributed by atoms with van der Waals surface area (Å²) < 4.78 is 23.1. The van der Waals surface area contributed by atoms with E-state index in [1.54, 1.807) is 6.92 Å². The molecule has 5 heteroatoms. The van der Waals surface area contributed by atoms with Gasteiger partial charge in [-0.1, -0.05) is 0 Å². The van der Waals surface area contributed by atoms with Gasteiger partial charge in [0.25, 0.3) is 0 Å². The Morgan fingerprint density at radius 1 is 1.53 bits per heavy atom. The lowest BCUT2D eigenvalue weighted by Crippen LogP contribution is -2.35. The Morgan fingerprint density at radius 3 is 2.88 bits per heavy atom. The quantitative estimate of drug-likeness (QED) is 0.698. The molecule has 0 saturated heterocycles. The Kier molecular flexibility index (Phi) is 2.83. The van der Waals surface area contributed by atoms with Gasteiger partial charge >= 0.3 is 5.97 Å². The zero-order chi connectivity index (χ0) is 12.6. The molecule has 90 valence electrons. The standard InChI is InChI=1S/C12H11FO4/c1-6-3-10-7(4-8(6)13)9(14)5-11(17-10)12(15)16-2/h3-4,11H,5H2,1-2H3/t11-/m1/s1. The molecular weight excluding hydrogens is 227 g/mol. The van der Waals surface area contributed by atoms with E-state index in [0.29, 0.717) is 5.56 Å². The van der Waals surface area contributed by atoms with Gasteiger partial charge in [-0.2, -0.15) is 0 Å². The highest BCUT2D eigenvalue weighted by Gasteiger charge is 2.32. The van der Waals surface area contributed by atoms with Crippen LogP contribution in [0, 0.1) is 12.7 Å². The topological polar surface area (TPSA) is 52.6 Å². The number of fused-ring (bicyclic) bond motifs is 1. The number of hydrogen-bond donors (Lipinski definition) is 0. The van der Waals surface area contributed by atoms with Gasteiger partial charge in [-0.3, -0.25) is 4.79 Å². The third-order valence-electron chi connectivity index (χ3n) is 2.67. The number of carbonyl (C=O) groups excluding carboxylic acids is 2. The number of esters is 1. The Balaban J connectivity index is 2.39. The fraction of sp³-hybridized carbons (Fsp3) is 0.333. The van der Waals surface area contributed by atoms with Crippen molar-refractivity contribution in [3.63, 3.8) is 0 Å². The summed E-state index contributed by atoms with van der Waals surface area (Å²) in [5.41, 5.74) is 0.537. The zero-order valence-corrected chi connectivity index (χ0v) is 9.45. The highest BCUT2D eigenvalue weighted by Crippen LogP contribution is 2.30. The molecule has 0 saturated carbocycles. The summed E-state index contributed by atoms with van der Waals surface area (Å²) >= 11 is 0. The number of hydrogen-bond acceptors (Lipinski definition) is 4. The molecule has 0 aliphatic carbocycles. The fourth-order valence-corrected chi connectivity index (χ4v) is 1.71. The van der Waals surface area contributed by atoms with Crippen molar-refractivity contribution >= 4 is 11.8 Å². The summed E-state index contributed by atoms with van der Waals surface area (Å²) in [5.74, 6) is -1.15. The third-order valence-corrected chi connectivity index (χ3v) is 2.67. The maximum Gasteiger partial charge on any atom is 0.347 e. The van der Waals surface area contributed by atoms with E-state index in [4.69, 9.17) is 4.74 Å². The molecule has 0 spiro atoms. The van der Waals surface area contributed by atoms with Crippen LogP contribution in [0.3, 0.4) is 0 Å². The molecule has 17 heavy (non-hydrogen) atoms. The van der Waals surface area contributed by atoms with E-state index in [-0.39, 0.29) is 23.5 Å². The molecule has 1 aliphatic heterocycles. The first-order valence-corrected chi connectivity index (χ1v) is 5.10. The molecule has 1 heterocycles. The van der Waals surface area contributed by atoms with Crippen LogP contribution in [0.15, 0.2) is 12.1 Å². The SMILES string of the molecule is COC(=O)[C@H]1CC(=O)c2cc(F)c(C)cc2O1. The van der Waals surface area contributed by atoms with Crippen molar-refractivity contribution in [1.29, 1.82) is 0 Å². The van der Waals surface area contributed by atoms with Crippen LogP contribution < -0.4 is 4.74 Å². The zero-order valence-electron chi connectivity index (χ0n) is 9.45. The molecule has 0 N–H and O–H groups in total. The summed E-state index contributed by atoms with van der Waals surface area (Å²) in [5, 5.41) is 0. The summed E-state index contributed by atoms with van der Waals surface area (Å²) in [4.78, 5) is 23.0. The first-order chi connectivity index (χ1) is 8.02. The van der Waals surface area contributed by atoms with Crippen LogP contribution in [0.4, 0.5) is 4.39 Å². The maximum atomic E-state index is 13.3. The average Bonchev–Trinajstić information content (AvgIpc) is 2.30. The molecule has 0 fully saturated rings. The fourth-order valence-electron chi connectivity index (χ4n) is 1.71. The smallest absolute Gasteiger partial charge is 0.347 e. The lowest BCUT2D eigenvalue weighted by atomic mass is 9.99. The molecule has 4 nitrogen and oxygen atoms in total. The first kappa shape index (κ1) is 11.6. The maximum absolute atomic E-state index is 13.3. The predicted octanol–water partition coefficient (Wildman–Crippen LogP) is 1.64. The van der Waals surface area contributed by atoms with Crippen LogP contribution in [0.5, 0.6) is 5.75 Å². The Hall–Kier alpha value is -1.91. The van der Waals surface area contributed by atoms with E-state index in [2.05, 4.69) is 4.74 Å². The van der Waals surface area contributed by atoms with Crippen LogP contribution in [-0.2, 0) is 9.53 Å². The van der Waals surface area contributed by atoms with E-state index in [9.17, 15) is 14.0 Å². The van der Waals surface area contributed by atoms with E-state index in [0.717, 1.165) is 6.07 Å². The largest absolute Gasteiger partial charge is 0.477 e. The van der Waals surface area contributed by atoms with E-state index < -0.39 is 17.9 Å². The number of aryl methyl sites for hydroxylation is 1. The van der Waals surface area contributed by atoms with Gasteiger partial charge in [-0.15, -0.1) is 0 Å². The number of Topliss-reactive ketones (excluding diaryl/α,β-unsaturated/α-hetero) is 1. The Bertz CT molecular complexity index is 496. The van der Waals surface area contributed by atoms with Gasteiger partial charge in [0, 0.05) is 0 Å². The normalized spacial score (nSPS) is 18.3. The van der Waals surface area contributed by atoms with Crippen molar-refractivity contribution in [3.05, 3.63) is 29.1 Å².